The number of hydrogen-bond donors (Lipinski definition) is 0. The Kier molecular flexibility index (Phi) is 7.53. The van der Waals surface area contributed by atoms with Crippen LogP contribution in [-0.4, -0.2) is 18.5 Å². The average molecular weight is 276 g/mol. The lowest BCUT2D eigenvalue weighted by molar-refractivity contribution is -0.0108. The van der Waals surface area contributed by atoms with Crippen LogP contribution in [0.25, 0.3) is 0 Å². The highest BCUT2D eigenvalue weighted by atomic mass is 16.5. The number of unbranched alkanes of at least 4 members (excludes halogenated alkanes) is 3. The first-order valence-corrected chi connectivity index (χ1v) is 7.85. The van der Waals surface area contributed by atoms with Gasteiger partial charge in [-0.25, -0.2) is 0 Å². The van der Waals surface area contributed by atoms with Crippen molar-refractivity contribution in [1.82, 2.24) is 0 Å². The lowest BCUT2D eigenvalue weighted by atomic mass is 9.83. The lowest BCUT2D eigenvalue weighted by Gasteiger charge is -2.31. The second-order valence-corrected chi connectivity index (χ2v) is 5.45. The quantitative estimate of drug-likeness (QED) is 0.443. The van der Waals surface area contributed by atoms with Crippen molar-refractivity contribution in [3.63, 3.8) is 0 Å². The third kappa shape index (κ3) is 4.45. The summed E-state index contributed by atoms with van der Waals surface area (Å²) in [4.78, 5) is 12.9. The molecule has 0 radical (unpaired) electrons. The molecule has 0 saturated carbocycles. The number of ether oxygens (including phenoxy) is 1. The van der Waals surface area contributed by atoms with Crippen molar-refractivity contribution in [1.29, 1.82) is 0 Å². The molecule has 1 rings (SSSR count). The molecule has 2 heteroatoms. The van der Waals surface area contributed by atoms with Crippen LogP contribution in [0.15, 0.2) is 30.3 Å². The van der Waals surface area contributed by atoms with E-state index in [4.69, 9.17) is 4.74 Å². The highest BCUT2D eigenvalue weighted by Crippen LogP contribution is 2.29. The van der Waals surface area contributed by atoms with Crippen LogP contribution in [0.3, 0.4) is 0 Å². The molecule has 0 N–H and O–H groups in total. The molecule has 2 nitrogen and oxygen atoms in total. The van der Waals surface area contributed by atoms with E-state index >= 15 is 0 Å². The van der Waals surface area contributed by atoms with Gasteiger partial charge >= 0.3 is 0 Å². The Bertz CT molecular complexity index is 386. The molecule has 1 aromatic carbocycles. The molecule has 0 aliphatic heterocycles. The van der Waals surface area contributed by atoms with Crippen molar-refractivity contribution in [3.05, 3.63) is 35.9 Å². The minimum Gasteiger partial charge on any atom is -0.370 e. The van der Waals surface area contributed by atoms with E-state index in [2.05, 4.69) is 13.8 Å². The summed E-state index contributed by atoms with van der Waals surface area (Å²) in [7, 11) is 1.68. The van der Waals surface area contributed by atoms with Gasteiger partial charge in [-0.2, -0.15) is 0 Å². The summed E-state index contributed by atoms with van der Waals surface area (Å²) in [5, 5.41) is 0. The maximum Gasteiger partial charge on any atom is 0.194 e. The zero-order chi connectivity index (χ0) is 14.8. The first kappa shape index (κ1) is 16.9. The standard InChI is InChI=1S/C18H28O2/c1-4-6-11-15-18(20-3,14-7-5-2)17(19)16-12-9-8-10-13-16/h8-10,12-13H,4-7,11,14-15H2,1-3H3. The number of carbonyl (C=O) groups excluding carboxylic acids is 1. The van der Waals surface area contributed by atoms with Gasteiger partial charge in [-0.1, -0.05) is 76.3 Å². The molecule has 0 spiro atoms. The lowest BCUT2D eigenvalue weighted by Crippen LogP contribution is -2.41. The van der Waals surface area contributed by atoms with Gasteiger partial charge in [-0.3, -0.25) is 4.79 Å². The molecule has 0 bridgehead atoms. The normalized spacial score (nSPS) is 13.9. The van der Waals surface area contributed by atoms with E-state index in [1.807, 2.05) is 30.3 Å². The number of methoxy groups -OCH3 is 1. The van der Waals surface area contributed by atoms with Crippen molar-refractivity contribution in [2.24, 2.45) is 0 Å². The fraction of sp³-hybridized carbons (Fsp3) is 0.611. The molecule has 112 valence electrons. The minimum atomic E-state index is -0.632. The van der Waals surface area contributed by atoms with E-state index in [0.29, 0.717) is 0 Å². The fourth-order valence-electron chi connectivity index (χ4n) is 2.62. The maximum atomic E-state index is 12.9. The second kappa shape index (κ2) is 8.91. The van der Waals surface area contributed by atoms with Gasteiger partial charge in [-0.05, 0) is 12.8 Å². The largest absolute Gasteiger partial charge is 0.370 e. The van der Waals surface area contributed by atoms with E-state index in [0.717, 1.165) is 50.5 Å². The third-order valence-corrected chi connectivity index (χ3v) is 3.96. The Labute approximate surface area is 123 Å². The Hall–Kier alpha value is -1.15. The smallest absolute Gasteiger partial charge is 0.194 e. The summed E-state index contributed by atoms with van der Waals surface area (Å²) in [6.07, 6.45) is 7.11. The van der Waals surface area contributed by atoms with Gasteiger partial charge < -0.3 is 4.74 Å². The van der Waals surface area contributed by atoms with Gasteiger partial charge in [0.1, 0.15) is 5.60 Å². The number of ketones is 1. The molecule has 1 aromatic rings. The van der Waals surface area contributed by atoms with Gasteiger partial charge in [0.25, 0.3) is 0 Å². The summed E-state index contributed by atoms with van der Waals surface area (Å²) in [6, 6.07) is 9.55. The van der Waals surface area contributed by atoms with Gasteiger partial charge in [0.2, 0.25) is 0 Å². The van der Waals surface area contributed by atoms with Crippen LogP contribution in [0.5, 0.6) is 0 Å². The predicted molar refractivity (Wildman–Crippen MR) is 84.2 cm³/mol. The fourth-order valence-corrected chi connectivity index (χ4v) is 2.62. The van der Waals surface area contributed by atoms with Crippen molar-refractivity contribution in [3.8, 4) is 0 Å². The van der Waals surface area contributed by atoms with Crippen LogP contribution in [0.1, 0.15) is 69.2 Å². The van der Waals surface area contributed by atoms with E-state index in [9.17, 15) is 4.79 Å². The van der Waals surface area contributed by atoms with Crippen molar-refractivity contribution in [2.45, 2.75) is 64.4 Å². The van der Waals surface area contributed by atoms with Gasteiger partial charge in [0.05, 0.1) is 0 Å². The van der Waals surface area contributed by atoms with E-state index in [1.54, 1.807) is 7.11 Å². The average Bonchev–Trinajstić information content (AvgIpc) is 2.51. The molecule has 0 heterocycles. The van der Waals surface area contributed by atoms with E-state index in [-0.39, 0.29) is 5.78 Å². The maximum absolute atomic E-state index is 12.9. The summed E-state index contributed by atoms with van der Waals surface area (Å²) >= 11 is 0. The Morgan fingerprint density at radius 3 is 2.15 bits per heavy atom. The number of rotatable bonds is 10. The minimum absolute atomic E-state index is 0.144. The Morgan fingerprint density at radius 2 is 1.60 bits per heavy atom. The zero-order valence-corrected chi connectivity index (χ0v) is 13.2. The van der Waals surface area contributed by atoms with Crippen LogP contribution in [0.4, 0.5) is 0 Å². The zero-order valence-electron chi connectivity index (χ0n) is 13.2. The second-order valence-electron chi connectivity index (χ2n) is 5.45. The highest BCUT2D eigenvalue weighted by molar-refractivity contribution is 6.02. The molecular formula is C18H28O2. The Morgan fingerprint density at radius 1 is 1.00 bits per heavy atom. The van der Waals surface area contributed by atoms with E-state index < -0.39 is 5.60 Å². The monoisotopic (exact) mass is 276 g/mol. The van der Waals surface area contributed by atoms with Crippen molar-refractivity contribution < 1.29 is 9.53 Å². The topological polar surface area (TPSA) is 26.3 Å². The van der Waals surface area contributed by atoms with Crippen molar-refractivity contribution in [2.75, 3.05) is 7.11 Å². The van der Waals surface area contributed by atoms with Gasteiger partial charge in [-0.15, -0.1) is 0 Å². The van der Waals surface area contributed by atoms with Crippen molar-refractivity contribution >= 4 is 5.78 Å². The molecule has 0 saturated heterocycles. The van der Waals surface area contributed by atoms with E-state index in [1.165, 1.54) is 0 Å². The summed E-state index contributed by atoms with van der Waals surface area (Å²) in [5.74, 6) is 0.144. The van der Waals surface area contributed by atoms with Crippen LogP contribution < -0.4 is 0 Å². The van der Waals surface area contributed by atoms with Crippen LogP contribution >= 0.6 is 0 Å². The van der Waals surface area contributed by atoms with Crippen LogP contribution in [0.2, 0.25) is 0 Å². The third-order valence-electron chi connectivity index (χ3n) is 3.96. The van der Waals surface area contributed by atoms with Gasteiger partial charge in [0.15, 0.2) is 5.78 Å². The van der Waals surface area contributed by atoms with Gasteiger partial charge in [0, 0.05) is 12.7 Å². The molecule has 0 aliphatic carbocycles. The summed E-state index contributed by atoms with van der Waals surface area (Å²) in [5.41, 5.74) is 0.133. The summed E-state index contributed by atoms with van der Waals surface area (Å²) < 4.78 is 5.75. The molecule has 0 amide bonds. The number of hydrogen-bond acceptors (Lipinski definition) is 2. The number of carbonyl (C=O) groups is 1. The Balaban J connectivity index is 2.91. The highest BCUT2D eigenvalue weighted by Gasteiger charge is 2.37. The molecule has 0 fully saturated rings. The molecule has 0 aromatic heterocycles. The molecule has 20 heavy (non-hydrogen) atoms. The first-order chi connectivity index (χ1) is 9.70. The first-order valence-electron chi connectivity index (χ1n) is 7.85. The molecular weight excluding hydrogens is 248 g/mol. The number of Topliss-reactive ketones (excluding diaryl/α,β-unsaturated/α-hetero) is 1. The predicted octanol–water partition coefficient (Wildman–Crippen LogP) is 5.03. The molecule has 1 atom stereocenters. The molecule has 0 aliphatic rings. The summed E-state index contributed by atoms with van der Waals surface area (Å²) in [6.45, 7) is 4.33. The van der Waals surface area contributed by atoms with Crippen LogP contribution in [0, 0.1) is 0 Å². The number of benzene rings is 1. The molecule has 1 unspecified atom stereocenters. The SMILES string of the molecule is CCCCCC(CCCC)(OC)C(=O)c1ccccc1. The van der Waals surface area contributed by atoms with Crippen LogP contribution in [-0.2, 0) is 4.74 Å².